The van der Waals surface area contributed by atoms with E-state index in [0.717, 1.165) is 37.4 Å². The Morgan fingerprint density at radius 3 is 2.18 bits per heavy atom. The van der Waals surface area contributed by atoms with Crippen LogP contribution in [0.25, 0.3) is 0 Å². The molecule has 10 heteroatoms. The van der Waals surface area contributed by atoms with E-state index >= 15 is 0 Å². The van der Waals surface area contributed by atoms with Crippen LogP contribution in [0.3, 0.4) is 0 Å². The van der Waals surface area contributed by atoms with Gasteiger partial charge in [0.05, 0.1) is 0 Å². The highest BCUT2D eigenvalue weighted by atomic mass is 35.5. The van der Waals surface area contributed by atoms with Crippen molar-refractivity contribution >= 4 is 49.4 Å². The summed E-state index contributed by atoms with van der Waals surface area (Å²) in [6.07, 6.45) is 7.73. The summed E-state index contributed by atoms with van der Waals surface area (Å²) >= 11 is 3.96. The highest BCUT2D eigenvalue weighted by molar-refractivity contribution is 7.80. The Labute approximate surface area is 216 Å². The summed E-state index contributed by atoms with van der Waals surface area (Å²) in [5.74, 6) is 0.228. The molecule has 2 heterocycles. The number of amides is 2. The minimum absolute atomic E-state index is 0. The summed E-state index contributed by atoms with van der Waals surface area (Å²) < 4.78 is 0. The first-order valence-corrected chi connectivity index (χ1v) is 12.0. The minimum atomic E-state index is -0.865. The monoisotopic (exact) mass is 522 g/mol. The Balaban J connectivity index is 0.000000596. The first-order chi connectivity index (χ1) is 15.0. The molecule has 0 aromatic heterocycles. The van der Waals surface area contributed by atoms with Gasteiger partial charge in [0.25, 0.3) is 0 Å². The van der Waals surface area contributed by atoms with E-state index in [2.05, 4.69) is 22.8 Å². The van der Waals surface area contributed by atoms with E-state index in [1.165, 1.54) is 45.3 Å². The number of piperidine rings is 2. The number of primary amides is 1. The molecule has 0 spiro atoms. The van der Waals surface area contributed by atoms with Crippen LogP contribution in [-0.2, 0) is 11.3 Å². The second-order valence-corrected chi connectivity index (χ2v) is 8.76. The molecule has 0 saturated carbocycles. The van der Waals surface area contributed by atoms with E-state index in [-0.39, 0.29) is 30.8 Å². The van der Waals surface area contributed by atoms with E-state index in [1.807, 2.05) is 30.3 Å². The number of carboxylic acids is 1. The van der Waals surface area contributed by atoms with Crippen LogP contribution in [0.1, 0.15) is 44.1 Å². The van der Waals surface area contributed by atoms with Crippen LogP contribution < -0.4 is 11.1 Å². The molecular formula is C23H40Cl2N4O3S. The number of rotatable bonds is 8. The number of likely N-dealkylation sites (tertiary alicyclic amines) is 2. The lowest BCUT2D eigenvalue weighted by molar-refractivity contribution is -0.138. The maximum atomic E-state index is 11.0. The fraction of sp³-hybridized carbons (Fsp3) is 0.652. The highest BCUT2D eigenvalue weighted by Gasteiger charge is 2.22. The van der Waals surface area contributed by atoms with Crippen LogP contribution in [0.2, 0.25) is 0 Å². The summed E-state index contributed by atoms with van der Waals surface area (Å²) in [7, 11) is 0. The predicted octanol–water partition coefficient (Wildman–Crippen LogP) is 3.66. The predicted molar refractivity (Wildman–Crippen MR) is 142 cm³/mol. The lowest BCUT2D eigenvalue weighted by Crippen LogP contribution is -2.42. The van der Waals surface area contributed by atoms with Crippen molar-refractivity contribution in [3.63, 3.8) is 0 Å². The number of nitrogens with zero attached hydrogens (tertiary/aromatic N) is 2. The van der Waals surface area contributed by atoms with E-state index in [0.29, 0.717) is 12.3 Å². The number of halogens is 2. The second-order valence-electron chi connectivity index (χ2n) is 8.40. The molecule has 33 heavy (non-hydrogen) atoms. The molecule has 7 nitrogen and oxygen atoms in total. The average molecular weight is 524 g/mol. The molecule has 2 amide bonds. The van der Waals surface area contributed by atoms with Crippen LogP contribution in [0.4, 0.5) is 4.79 Å². The molecule has 2 fully saturated rings. The largest absolute Gasteiger partial charge is 0.480 e. The number of nitrogens with two attached hydrogens (primary N) is 1. The van der Waals surface area contributed by atoms with Crippen LogP contribution in [-0.4, -0.2) is 71.4 Å². The third-order valence-corrected chi connectivity index (χ3v) is 6.47. The van der Waals surface area contributed by atoms with Crippen molar-refractivity contribution < 1.29 is 14.7 Å². The quantitative estimate of drug-likeness (QED) is 0.390. The van der Waals surface area contributed by atoms with Gasteiger partial charge in [-0.25, -0.2) is 4.79 Å². The van der Waals surface area contributed by atoms with Crippen LogP contribution in [0, 0.1) is 5.92 Å². The van der Waals surface area contributed by atoms with Gasteiger partial charge in [-0.05, 0) is 63.2 Å². The molecule has 2 aliphatic rings. The number of hydrogen-bond donors (Lipinski definition) is 4. The molecule has 190 valence electrons. The van der Waals surface area contributed by atoms with Crippen molar-refractivity contribution in [2.75, 3.05) is 38.5 Å². The third-order valence-electron chi connectivity index (χ3n) is 6.10. The van der Waals surface area contributed by atoms with E-state index < -0.39 is 12.0 Å². The van der Waals surface area contributed by atoms with Crippen molar-refractivity contribution in [2.45, 2.75) is 51.1 Å². The fourth-order valence-electron chi connectivity index (χ4n) is 4.06. The number of carbonyl (C=O) groups excluding carboxylic acids is 1. The zero-order chi connectivity index (χ0) is 22.5. The van der Waals surface area contributed by atoms with Crippen molar-refractivity contribution in [1.82, 2.24) is 15.1 Å². The van der Waals surface area contributed by atoms with Gasteiger partial charge in [-0.2, -0.15) is 12.6 Å². The summed E-state index contributed by atoms with van der Waals surface area (Å²) in [6.45, 7) is 6.11. The number of aliphatic carboxylic acids is 1. The van der Waals surface area contributed by atoms with Crippen molar-refractivity contribution in [3.8, 4) is 0 Å². The highest BCUT2D eigenvalue weighted by Crippen LogP contribution is 2.21. The topological polar surface area (TPSA) is 98.9 Å². The smallest absolute Gasteiger partial charge is 0.321 e. The zero-order valence-corrected chi connectivity index (χ0v) is 21.8. The van der Waals surface area contributed by atoms with Crippen molar-refractivity contribution in [3.05, 3.63) is 35.9 Å². The van der Waals surface area contributed by atoms with E-state index in [9.17, 15) is 9.59 Å². The zero-order valence-electron chi connectivity index (χ0n) is 19.2. The van der Waals surface area contributed by atoms with Gasteiger partial charge in [0.15, 0.2) is 0 Å². The van der Waals surface area contributed by atoms with Gasteiger partial charge < -0.3 is 20.6 Å². The Hall–Kier alpha value is -1.19. The summed E-state index contributed by atoms with van der Waals surface area (Å²) in [5, 5.41) is 11.6. The Morgan fingerprint density at radius 1 is 1.06 bits per heavy atom. The molecule has 2 aliphatic heterocycles. The van der Waals surface area contributed by atoms with Crippen LogP contribution in [0.15, 0.2) is 30.3 Å². The Kier molecular flexibility index (Phi) is 17.5. The maximum Gasteiger partial charge on any atom is 0.321 e. The Morgan fingerprint density at radius 2 is 1.67 bits per heavy atom. The summed E-state index contributed by atoms with van der Waals surface area (Å²) in [5.41, 5.74) is 6.35. The number of carboxylic acid groups (broad SMARTS) is 1. The number of hydrogen-bond acceptors (Lipinski definition) is 5. The van der Waals surface area contributed by atoms with Crippen LogP contribution in [0.5, 0.6) is 0 Å². The molecule has 0 aliphatic carbocycles. The first kappa shape index (κ1) is 31.8. The normalized spacial score (nSPS) is 17.5. The molecule has 3 rings (SSSR count). The van der Waals surface area contributed by atoms with E-state index in [1.54, 1.807) is 4.90 Å². The number of urea groups is 1. The molecule has 4 N–H and O–H groups in total. The van der Waals surface area contributed by atoms with Gasteiger partial charge in [-0.3, -0.25) is 10.1 Å². The number of carbonyl (C=O) groups is 2. The molecular weight excluding hydrogens is 483 g/mol. The number of thiol groups is 1. The van der Waals surface area contributed by atoms with Gasteiger partial charge in [-0.1, -0.05) is 36.8 Å². The number of nitrogens with one attached hydrogen (secondary N) is 1. The lowest BCUT2D eigenvalue weighted by atomic mass is 9.93. The maximum absolute atomic E-state index is 11.0. The van der Waals surface area contributed by atoms with E-state index in [4.69, 9.17) is 10.8 Å². The average Bonchev–Trinajstić information content (AvgIpc) is 2.80. The third kappa shape index (κ3) is 12.7. The molecule has 0 radical (unpaired) electrons. The molecule has 1 aromatic rings. The minimum Gasteiger partial charge on any atom is -0.480 e. The molecule has 0 unspecified atom stereocenters. The lowest BCUT2D eigenvalue weighted by Gasteiger charge is -2.33. The Bertz CT molecular complexity index is 658. The SMILES string of the molecule is Cl.Cl.NC(=O)N1CCC(CCN2CCCCC2)CC1.O=C(O)[C@@H](CS)NCc1ccccc1. The summed E-state index contributed by atoms with van der Waals surface area (Å²) in [4.78, 5) is 26.0. The first-order valence-electron chi connectivity index (χ1n) is 11.4. The van der Waals surface area contributed by atoms with Gasteiger partial charge in [0.2, 0.25) is 0 Å². The fourth-order valence-corrected chi connectivity index (χ4v) is 4.34. The van der Waals surface area contributed by atoms with Crippen LogP contribution >= 0.6 is 37.4 Å². The summed E-state index contributed by atoms with van der Waals surface area (Å²) in [6, 6.07) is 8.84. The molecule has 1 aromatic carbocycles. The van der Waals surface area contributed by atoms with Crippen molar-refractivity contribution in [1.29, 1.82) is 0 Å². The van der Waals surface area contributed by atoms with Gasteiger partial charge in [0.1, 0.15) is 6.04 Å². The number of benzene rings is 1. The standard InChI is InChI=1S/C13H25N3O.C10H13NO2S.2ClH/c14-13(17)16-10-5-12(6-11-16)4-9-15-7-2-1-3-8-15;12-10(13)9(7-14)11-6-8-4-2-1-3-5-8;;/h12H,1-11H2,(H2,14,17);1-5,9,11,14H,6-7H2,(H,12,13);2*1H/t;9-;;/m.1../s1. The molecule has 0 bridgehead atoms. The molecule has 2 saturated heterocycles. The van der Waals surface area contributed by atoms with Crippen molar-refractivity contribution in [2.24, 2.45) is 11.7 Å². The second kappa shape index (κ2) is 18.2. The van der Waals surface area contributed by atoms with Gasteiger partial charge >= 0.3 is 12.0 Å². The molecule has 1 atom stereocenters. The van der Waals surface area contributed by atoms with Gasteiger partial charge in [-0.15, -0.1) is 24.8 Å². The van der Waals surface area contributed by atoms with Gasteiger partial charge in [0, 0.05) is 25.4 Å².